The highest BCUT2D eigenvalue weighted by molar-refractivity contribution is 9.10. The van der Waals surface area contributed by atoms with Crippen LogP contribution in [-0.4, -0.2) is 28.3 Å². The Morgan fingerprint density at radius 2 is 2.00 bits per heavy atom. The highest BCUT2D eigenvalue weighted by Crippen LogP contribution is 2.39. The van der Waals surface area contributed by atoms with E-state index in [4.69, 9.17) is 9.84 Å². The third-order valence-electron chi connectivity index (χ3n) is 4.92. The van der Waals surface area contributed by atoms with E-state index in [1.165, 1.54) is 18.7 Å². The van der Waals surface area contributed by atoms with Gasteiger partial charge in [0, 0.05) is 22.1 Å². The van der Waals surface area contributed by atoms with Crippen LogP contribution in [0.1, 0.15) is 32.5 Å². The van der Waals surface area contributed by atoms with E-state index in [2.05, 4.69) is 20.9 Å². The Kier molecular flexibility index (Phi) is 6.15. The number of ether oxygens (including phenoxy) is 1. The maximum atomic E-state index is 13.2. The molecule has 1 N–H and O–H groups in total. The lowest BCUT2D eigenvalue weighted by molar-refractivity contribution is -0.763. The van der Waals surface area contributed by atoms with E-state index >= 15 is 0 Å². The van der Waals surface area contributed by atoms with Crippen molar-refractivity contribution in [1.82, 2.24) is 10.1 Å². The summed E-state index contributed by atoms with van der Waals surface area (Å²) in [7, 11) is 0. The molecule has 1 atom stereocenters. The lowest BCUT2D eigenvalue weighted by Crippen LogP contribution is -2.60. The molecule has 9 heteroatoms. The van der Waals surface area contributed by atoms with E-state index < -0.39 is 6.17 Å². The van der Waals surface area contributed by atoms with Crippen molar-refractivity contribution in [3.05, 3.63) is 62.9 Å². The molecule has 2 heterocycles. The lowest BCUT2D eigenvalue weighted by Gasteiger charge is -2.31. The minimum absolute atomic E-state index is 0.146. The average molecular weight is 502 g/mol. The van der Waals surface area contributed by atoms with Crippen molar-refractivity contribution in [2.45, 2.75) is 32.1 Å². The van der Waals surface area contributed by atoms with E-state index in [-0.39, 0.29) is 11.5 Å². The fourth-order valence-corrected chi connectivity index (χ4v) is 4.69. The van der Waals surface area contributed by atoms with E-state index in [0.29, 0.717) is 28.7 Å². The summed E-state index contributed by atoms with van der Waals surface area (Å²) in [6.07, 6.45) is -0.602. The molecule has 1 amide bonds. The predicted octanol–water partition coefficient (Wildman–Crippen LogP) is 3.91. The first-order chi connectivity index (χ1) is 14.9. The summed E-state index contributed by atoms with van der Waals surface area (Å²) in [5, 5.41) is 5.23. The number of H-pyrrole nitrogens is 1. The number of halogens is 1. The molecule has 0 saturated heterocycles. The number of carbonyl (C=O) groups excluding carboxylic acids is 1. The van der Waals surface area contributed by atoms with E-state index in [1.54, 1.807) is 9.58 Å². The summed E-state index contributed by atoms with van der Waals surface area (Å²) in [6.45, 7) is 6.01. The minimum atomic E-state index is -0.602. The van der Waals surface area contributed by atoms with Crippen LogP contribution >= 0.6 is 27.7 Å². The Labute approximate surface area is 192 Å². The molecule has 1 aliphatic heterocycles. The lowest BCUT2D eigenvalue weighted by atomic mass is 10.0. The predicted molar refractivity (Wildman–Crippen MR) is 123 cm³/mol. The third-order valence-corrected chi connectivity index (χ3v) is 6.16. The van der Waals surface area contributed by atoms with E-state index in [1.807, 2.05) is 56.3 Å². The van der Waals surface area contributed by atoms with Gasteiger partial charge in [-0.3, -0.25) is 14.6 Å². The molecule has 0 aliphatic carbocycles. The van der Waals surface area contributed by atoms with Gasteiger partial charge in [0.15, 0.2) is 0 Å². The number of hydrogen-bond donors (Lipinski definition) is 1. The number of rotatable bonds is 5. The number of amides is 1. The van der Waals surface area contributed by atoms with Gasteiger partial charge in [0.1, 0.15) is 5.75 Å². The smallest absolute Gasteiger partial charge is 0.325 e. The van der Waals surface area contributed by atoms with Crippen LogP contribution in [0.5, 0.6) is 5.75 Å². The largest absolute Gasteiger partial charge is 0.494 e. The molecule has 0 bridgehead atoms. The number of fused-ring (bicyclic) bond motifs is 3. The standard InChI is InChI=1S/C22H21BrN4O3S/c1-4-30-16-9-6-14(7-10-16)21-26(13(3)28)18-11-8-15(23)12-17(18)19-20(29)24-22(31-5-2)25-27(19)21/h6-12,21H,4-5H2,1-3H3/p+1/t21-/m1/s1. The van der Waals surface area contributed by atoms with Crippen molar-refractivity contribution in [3.63, 3.8) is 0 Å². The van der Waals surface area contributed by atoms with Gasteiger partial charge < -0.3 is 4.74 Å². The minimum Gasteiger partial charge on any atom is -0.494 e. The van der Waals surface area contributed by atoms with Crippen molar-refractivity contribution in [1.29, 1.82) is 0 Å². The number of thioether (sulfide) groups is 1. The van der Waals surface area contributed by atoms with Gasteiger partial charge in [-0.05, 0) is 59.8 Å². The molecule has 0 radical (unpaired) electrons. The maximum absolute atomic E-state index is 13.2. The zero-order chi connectivity index (χ0) is 22.1. The normalized spacial score (nSPS) is 14.7. The van der Waals surface area contributed by atoms with Crippen LogP contribution < -0.4 is 19.9 Å². The van der Waals surface area contributed by atoms with Gasteiger partial charge >= 0.3 is 11.3 Å². The highest BCUT2D eigenvalue weighted by Gasteiger charge is 2.45. The van der Waals surface area contributed by atoms with Crippen molar-refractivity contribution < 1.29 is 14.2 Å². The molecule has 31 heavy (non-hydrogen) atoms. The second-order valence-corrected chi connectivity index (χ2v) is 9.08. The van der Waals surface area contributed by atoms with Gasteiger partial charge in [0.05, 0.1) is 17.9 Å². The number of hydrogen-bond acceptors (Lipinski definition) is 5. The Hall–Kier alpha value is -2.65. The molecule has 0 unspecified atom stereocenters. The molecule has 7 nitrogen and oxygen atoms in total. The number of aromatic nitrogens is 3. The van der Waals surface area contributed by atoms with Crippen molar-refractivity contribution >= 4 is 39.3 Å². The Bertz CT molecular complexity index is 1200. The first kappa shape index (κ1) is 21.6. The van der Waals surface area contributed by atoms with Gasteiger partial charge in [-0.2, -0.15) is 0 Å². The average Bonchev–Trinajstić information content (AvgIpc) is 2.73. The Morgan fingerprint density at radius 1 is 1.26 bits per heavy atom. The first-order valence-corrected chi connectivity index (χ1v) is 11.7. The molecule has 0 saturated carbocycles. The van der Waals surface area contributed by atoms with Gasteiger partial charge in [-0.1, -0.05) is 34.6 Å². The fraction of sp³-hybridized carbons (Fsp3) is 0.273. The highest BCUT2D eigenvalue weighted by atomic mass is 79.9. The van der Waals surface area contributed by atoms with Gasteiger partial charge in [0.2, 0.25) is 11.1 Å². The molecule has 4 rings (SSSR count). The quantitative estimate of drug-likeness (QED) is 0.423. The van der Waals surface area contributed by atoms with Crippen LogP contribution in [0.25, 0.3) is 11.3 Å². The maximum Gasteiger partial charge on any atom is 0.325 e. The molecular weight excluding hydrogens is 480 g/mol. The molecule has 1 aromatic heterocycles. The van der Waals surface area contributed by atoms with Crippen molar-refractivity contribution in [2.24, 2.45) is 0 Å². The third kappa shape index (κ3) is 3.99. The molecular formula is C22H22BrN4O3S+. The number of nitrogens with one attached hydrogen (secondary N) is 1. The van der Waals surface area contributed by atoms with E-state index in [0.717, 1.165) is 21.5 Å². The van der Waals surface area contributed by atoms with Crippen LogP contribution in [0.15, 0.2) is 56.9 Å². The summed E-state index contributed by atoms with van der Waals surface area (Å²) in [6, 6.07) is 13.1. The summed E-state index contributed by atoms with van der Waals surface area (Å²) in [5.74, 6) is 1.36. The van der Waals surface area contributed by atoms with Gasteiger partial charge in [-0.15, -0.1) is 0 Å². The number of nitrogens with zero attached hydrogens (tertiary/aromatic N) is 3. The molecule has 0 spiro atoms. The number of carbonyl (C=O) groups is 1. The second kappa shape index (κ2) is 8.84. The van der Waals surface area contributed by atoms with Crippen LogP contribution in [0.2, 0.25) is 0 Å². The molecule has 1 aliphatic rings. The topological polar surface area (TPSA) is 79.2 Å². The van der Waals surface area contributed by atoms with Crippen LogP contribution in [0, 0.1) is 0 Å². The van der Waals surface area contributed by atoms with Gasteiger partial charge in [0.25, 0.3) is 6.17 Å². The van der Waals surface area contributed by atoms with Crippen molar-refractivity contribution in [2.75, 3.05) is 17.3 Å². The molecule has 160 valence electrons. The zero-order valence-electron chi connectivity index (χ0n) is 17.4. The van der Waals surface area contributed by atoms with Crippen LogP contribution in [0.3, 0.4) is 0 Å². The first-order valence-electron chi connectivity index (χ1n) is 9.96. The number of anilines is 1. The summed E-state index contributed by atoms with van der Waals surface area (Å²) in [4.78, 5) is 30.6. The molecule has 2 aromatic carbocycles. The van der Waals surface area contributed by atoms with Crippen LogP contribution in [0.4, 0.5) is 5.69 Å². The van der Waals surface area contributed by atoms with Crippen molar-refractivity contribution in [3.8, 4) is 17.0 Å². The SMILES string of the molecule is CCOc1ccc([C@@H]2N(C(C)=O)c3ccc(Br)cc3-c3c(=O)[nH]c(SCC)n[n+]32)cc1. The van der Waals surface area contributed by atoms with Crippen LogP contribution in [-0.2, 0) is 4.79 Å². The molecule has 0 fully saturated rings. The number of aromatic amines is 1. The fourth-order valence-electron chi connectivity index (χ4n) is 3.74. The second-order valence-electron chi connectivity index (χ2n) is 6.91. The number of benzene rings is 2. The Morgan fingerprint density at radius 3 is 2.65 bits per heavy atom. The van der Waals surface area contributed by atoms with E-state index in [9.17, 15) is 9.59 Å². The summed E-state index contributed by atoms with van der Waals surface area (Å²) < 4.78 is 8.03. The summed E-state index contributed by atoms with van der Waals surface area (Å²) in [5.41, 5.74) is 2.30. The Balaban J connectivity index is 2.00. The summed E-state index contributed by atoms with van der Waals surface area (Å²) >= 11 is 4.92. The zero-order valence-corrected chi connectivity index (χ0v) is 19.8. The molecule has 3 aromatic rings. The van der Waals surface area contributed by atoms with Gasteiger partial charge in [-0.25, -0.2) is 4.90 Å². The monoisotopic (exact) mass is 501 g/mol.